The lowest BCUT2D eigenvalue weighted by Gasteiger charge is -2.36. The largest absolute Gasteiger partial charge is 0.378 e. The molecule has 1 aliphatic rings. The molecule has 0 unspecified atom stereocenters. The molecule has 82 valence electrons. The summed E-state index contributed by atoms with van der Waals surface area (Å²) in [7, 11) is 1.80. The molecule has 0 aromatic carbocycles. The smallest absolute Gasteiger partial charge is 0.317 e. The summed E-state index contributed by atoms with van der Waals surface area (Å²) in [6.07, 6.45) is 2.27. The first-order chi connectivity index (χ1) is 6.67. The number of nitrogens with one attached hydrogen (secondary N) is 1. The van der Waals surface area contributed by atoms with Crippen LogP contribution in [-0.4, -0.2) is 43.3 Å². The van der Waals surface area contributed by atoms with Crippen LogP contribution in [0.5, 0.6) is 0 Å². The Labute approximate surface area is 85.6 Å². The number of carbonyl (C=O) groups excluding carboxylic acids is 1. The van der Waals surface area contributed by atoms with E-state index in [2.05, 4.69) is 5.32 Å². The maximum atomic E-state index is 11.4. The molecule has 1 saturated carbocycles. The van der Waals surface area contributed by atoms with E-state index in [1.165, 1.54) is 0 Å². The highest BCUT2D eigenvalue weighted by Crippen LogP contribution is 2.23. The lowest BCUT2D eigenvalue weighted by atomic mass is 9.89. The second-order valence-corrected chi connectivity index (χ2v) is 3.71. The Kier molecular flexibility index (Phi) is 4.20. The highest BCUT2D eigenvalue weighted by atomic mass is 16.5. The number of hydrogen-bond acceptors (Lipinski definition) is 2. The maximum absolute atomic E-state index is 11.4. The zero-order chi connectivity index (χ0) is 10.6. The second-order valence-electron chi connectivity index (χ2n) is 3.71. The molecule has 4 nitrogen and oxygen atoms in total. The first-order valence-corrected chi connectivity index (χ1v) is 5.30. The van der Waals surface area contributed by atoms with Crippen molar-refractivity contribution in [3.05, 3.63) is 0 Å². The summed E-state index contributed by atoms with van der Waals surface area (Å²) in [6.45, 7) is 5.47. The number of amides is 2. The number of hydrogen-bond donors (Lipinski definition) is 1. The van der Waals surface area contributed by atoms with Crippen molar-refractivity contribution >= 4 is 6.03 Å². The average Bonchev–Trinajstić information content (AvgIpc) is 2.13. The molecule has 0 spiro atoms. The summed E-state index contributed by atoms with van der Waals surface area (Å²) in [4.78, 5) is 13.1. The summed E-state index contributed by atoms with van der Waals surface area (Å²) in [6, 6.07) is 0.334. The molecule has 0 radical (unpaired) electrons. The van der Waals surface area contributed by atoms with Gasteiger partial charge in [-0.15, -0.1) is 0 Å². The van der Waals surface area contributed by atoms with E-state index in [1.807, 2.05) is 13.8 Å². The van der Waals surface area contributed by atoms with E-state index in [0.29, 0.717) is 12.1 Å². The minimum Gasteiger partial charge on any atom is -0.378 e. The van der Waals surface area contributed by atoms with E-state index in [0.717, 1.165) is 26.0 Å². The standard InChI is InChI=1S/C10H20N2O2/c1-4-12(3)10(13)11-8-6-9(7-8)14-5-2/h8-9H,4-7H2,1-3H3,(H,11,13). The van der Waals surface area contributed by atoms with E-state index in [-0.39, 0.29) is 6.03 Å². The van der Waals surface area contributed by atoms with Gasteiger partial charge >= 0.3 is 6.03 Å². The van der Waals surface area contributed by atoms with Crippen LogP contribution in [0.25, 0.3) is 0 Å². The molecule has 1 rings (SSSR count). The fourth-order valence-corrected chi connectivity index (χ4v) is 1.48. The van der Waals surface area contributed by atoms with Crippen molar-refractivity contribution < 1.29 is 9.53 Å². The zero-order valence-corrected chi connectivity index (χ0v) is 9.25. The Morgan fingerprint density at radius 1 is 1.50 bits per heavy atom. The van der Waals surface area contributed by atoms with Crippen LogP contribution in [0.3, 0.4) is 0 Å². The first-order valence-electron chi connectivity index (χ1n) is 5.30. The number of ether oxygens (including phenoxy) is 1. The van der Waals surface area contributed by atoms with Crippen molar-refractivity contribution in [2.24, 2.45) is 0 Å². The Balaban J connectivity index is 2.13. The van der Waals surface area contributed by atoms with Gasteiger partial charge in [0.05, 0.1) is 6.10 Å². The van der Waals surface area contributed by atoms with Gasteiger partial charge in [-0.2, -0.15) is 0 Å². The fraction of sp³-hybridized carbons (Fsp3) is 0.900. The normalized spacial score (nSPS) is 25.4. The van der Waals surface area contributed by atoms with Gasteiger partial charge in [0.25, 0.3) is 0 Å². The molecule has 0 aromatic rings. The van der Waals surface area contributed by atoms with E-state index >= 15 is 0 Å². The summed E-state index contributed by atoms with van der Waals surface area (Å²) in [5, 5.41) is 2.96. The maximum Gasteiger partial charge on any atom is 0.317 e. The molecule has 1 N–H and O–H groups in total. The molecule has 4 heteroatoms. The molecule has 0 saturated heterocycles. The topological polar surface area (TPSA) is 41.6 Å². The summed E-state index contributed by atoms with van der Waals surface area (Å²) >= 11 is 0. The third kappa shape index (κ3) is 2.87. The number of rotatable bonds is 4. The van der Waals surface area contributed by atoms with Gasteiger partial charge in [-0.1, -0.05) is 0 Å². The molecule has 0 atom stereocenters. The van der Waals surface area contributed by atoms with E-state index in [1.54, 1.807) is 11.9 Å². The lowest BCUT2D eigenvalue weighted by Crippen LogP contribution is -2.51. The molecular formula is C10H20N2O2. The van der Waals surface area contributed by atoms with Gasteiger partial charge in [0.15, 0.2) is 0 Å². The van der Waals surface area contributed by atoms with Gasteiger partial charge in [-0.25, -0.2) is 4.79 Å². The van der Waals surface area contributed by atoms with Crippen LogP contribution < -0.4 is 5.32 Å². The van der Waals surface area contributed by atoms with Gasteiger partial charge < -0.3 is 15.0 Å². The summed E-state index contributed by atoms with van der Waals surface area (Å²) < 4.78 is 5.41. The van der Waals surface area contributed by atoms with Crippen molar-refractivity contribution in [1.29, 1.82) is 0 Å². The Hall–Kier alpha value is -0.770. The second kappa shape index (κ2) is 5.20. The lowest BCUT2D eigenvalue weighted by molar-refractivity contribution is -0.00785. The Bertz CT molecular complexity index is 191. The molecular weight excluding hydrogens is 180 g/mol. The third-order valence-electron chi connectivity index (χ3n) is 2.65. The fourth-order valence-electron chi connectivity index (χ4n) is 1.48. The minimum atomic E-state index is 0.0208. The van der Waals surface area contributed by atoms with Gasteiger partial charge in [0, 0.05) is 26.2 Å². The van der Waals surface area contributed by atoms with Gasteiger partial charge in [0.2, 0.25) is 0 Å². The summed E-state index contributed by atoms with van der Waals surface area (Å²) in [5.74, 6) is 0. The van der Waals surface area contributed by atoms with Gasteiger partial charge in [-0.05, 0) is 26.7 Å². The monoisotopic (exact) mass is 200 g/mol. The van der Waals surface area contributed by atoms with Crippen molar-refractivity contribution in [3.63, 3.8) is 0 Å². The molecule has 14 heavy (non-hydrogen) atoms. The van der Waals surface area contributed by atoms with Crippen LogP contribution >= 0.6 is 0 Å². The predicted molar refractivity (Wildman–Crippen MR) is 55.3 cm³/mol. The minimum absolute atomic E-state index is 0.0208. The quantitative estimate of drug-likeness (QED) is 0.741. The van der Waals surface area contributed by atoms with Crippen molar-refractivity contribution in [2.45, 2.75) is 38.8 Å². The first kappa shape index (κ1) is 11.3. The number of carbonyl (C=O) groups is 1. The molecule has 0 bridgehead atoms. The number of urea groups is 1. The zero-order valence-electron chi connectivity index (χ0n) is 9.25. The van der Waals surface area contributed by atoms with Crippen LogP contribution in [0, 0.1) is 0 Å². The van der Waals surface area contributed by atoms with Crippen LogP contribution in [0.2, 0.25) is 0 Å². The average molecular weight is 200 g/mol. The highest BCUT2D eigenvalue weighted by molar-refractivity contribution is 5.74. The third-order valence-corrected chi connectivity index (χ3v) is 2.65. The van der Waals surface area contributed by atoms with Crippen molar-refractivity contribution in [2.75, 3.05) is 20.2 Å². The molecule has 0 heterocycles. The van der Waals surface area contributed by atoms with E-state index in [9.17, 15) is 4.79 Å². The Morgan fingerprint density at radius 2 is 2.14 bits per heavy atom. The Morgan fingerprint density at radius 3 is 2.64 bits per heavy atom. The van der Waals surface area contributed by atoms with Crippen molar-refractivity contribution in [1.82, 2.24) is 10.2 Å². The molecule has 0 aliphatic heterocycles. The van der Waals surface area contributed by atoms with Gasteiger partial charge in [0.1, 0.15) is 0 Å². The summed E-state index contributed by atoms with van der Waals surface area (Å²) in [5.41, 5.74) is 0. The highest BCUT2D eigenvalue weighted by Gasteiger charge is 2.30. The van der Waals surface area contributed by atoms with Crippen LogP contribution in [0.1, 0.15) is 26.7 Å². The number of nitrogens with zero attached hydrogens (tertiary/aromatic N) is 1. The van der Waals surface area contributed by atoms with E-state index in [4.69, 9.17) is 4.74 Å². The predicted octanol–water partition coefficient (Wildman–Crippen LogP) is 1.22. The molecule has 1 aliphatic carbocycles. The van der Waals surface area contributed by atoms with Crippen LogP contribution in [0.15, 0.2) is 0 Å². The molecule has 1 fully saturated rings. The van der Waals surface area contributed by atoms with Crippen LogP contribution in [-0.2, 0) is 4.74 Å². The SMILES string of the molecule is CCOC1CC(NC(=O)N(C)CC)C1. The van der Waals surface area contributed by atoms with Crippen molar-refractivity contribution in [3.8, 4) is 0 Å². The van der Waals surface area contributed by atoms with E-state index < -0.39 is 0 Å². The van der Waals surface area contributed by atoms with Gasteiger partial charge in [-0.3, -0.25) is 0 Å². The molecule has 2 amide bonds. The molecule has 0 aromatic heterocycles. The van der Waals surface area contributed by atoms with Crippen LogP contribution in [0.4, 0.5) is 4.79 Å².